The van der Waals surface area contributed by atoms with Gasteiger partial charge in [-0.05, 0) is 32.6 Å². The van der Waals surface area contributed by atoms with Gasteiger partial charge in [-0.2, -0.15) is 0 Å². The number of rotatable bonds is 6. The molecule has 6 heteroatoms. The minimum Gasteiger partial charge on any atom is -0.392 e. The van der Waals surface area contributed by atoms with E-state index in [2.05, 4.69) is 6.92 Å². The second-order valence-electron chi connectivity index (χ2n) is 5.69. The fourth-order valence-electron chi connectivity index (χ4n) is 2.93. The van der Waals surface area contributed by atoms with E-state index < -0.39 is 5.41 Å². The van der Waals surface area contributed by atoms with Gasteiger partial charge in [-0.15, -0.1) is 0 Å². The van der Waals surface area contributed by atoms with E-state index in [9.17, 15) is 9.59 Å². The molecule has 0 heterocycles. The number of carbonyl (C=O) groups excluding carboxylic acids is 2. The van der Waals surface area contributed by atoms with Crippen LogP contribution in [-0.2, 0) is 9.59 Å². The number of amides is 2. The van der Waals surface area contributed by atoms with Crippen LogP contribution < -0.4 is 5.73 Å². The molecule has 1 aliphatic carbocycles. The fraction of sp³-hybridized carbons (Fsp3) is 0.786. The Morgan fingerprint density at radius 2 is 1.80 bits per heavy atom. The smallest absolute Gasteiger partial charge is 0.242 e. The lowest BCUT2D eigenvalue weighted by atomic mass is 9.61. The van der Waals surface area contributed by atoms with Gasteiger partial charge in [0.25, 0.3) is 0 Å². The molecule has 1 aliphatic rings. The van der Waals surface area contributed by atoms with Gasteiger partial charge >= 0.3 is 0 Å². The Hall–Kier alpha value is -1.17. The van der Waals surface area contributed by atoms with Crippen LogP contribution in [0.4, 0.5) is 0 Å². The van der Waals surface area contributed by atoms with Gasteiger partial charge in [-0.25, -0.2) is 0 Å². The normalized spacial score (nSPS) is 24.7. The van der Waals surface area contributed by atoms with E-state index in [-0.39, 0.29) is 23.3 Å². The molecule has 0 saturated heterocycles. The van der Waals surface area contributed by atoms with Gasteiger partial charge in [0, 0.05) is 20.1 Å². The first-order valence-corrected chi connectivity index (χ1v) is 7.52. The van der Waals surface area contributed by atoms with E-state index in [1.54, 1.807) is 11.9 Å². The Balaban J connectivity index is 2.72. The molecule has 0 unspecified atom stereocenters. The third kappa shape index (κ3) is 3.11. The number of nitrogens with two attached hydrogens (primary N) is 1. The first-order chi connectivity index (χ1) is 9.28. The van der Waals surface area contributed by atoms with Crippen LogP contribution in [0.1, 0.15) is 33.6 Å². The molecular formula is C14H25N3O2S. The number of carbonyl (C=O) groups is 2. The Bertz CT molecular complexity index is 401. The van der Waals surface area contributed by atoms with E-state index in [1.807, 2.05) is 13.8 Å². The maximum absolute atomic E-state index is 12.6. The molecule has 2 N–H and O–H groups in total. The number of likely N-dealkylation sites (N-methyl/N-ethyl adjacent to an activating group) is 2. The monoisotopic (exact) mass is 299 g/mol. The summed E-state index contributed by atoms with van der Waals surface area (Å²) in [5.41, 5.74) is 5.04. The Kier molecular flexibility index (Phi) is 5.50. The zero-order chi connectivity index (χ0) is 15.5. The molecule has 0 bridgehead atoms. The standard InChI is InChI=1S/C14H25N3O2S/c1-5-17(6-2)11(18)9-16(4)13(19)14(12(15)20)7-10(3)8-14/h10H,5-9H2,1-4H3,(H2,15,20). The molecule has 1 saturated carbocycles. The van der Waals surface area contributed by atoms with Crippen molar-refractivity contribution >= 4 is 29.0 Å². The summed E-state index contributed by atoms with van der Waals surface area (Å²) in [7, 11) is 1.65. The lowest BCUT2D eigenvalue weighted by Crippen LogP contribution is -2.57. The highest BCUT2D eigenvalue weighted by Gasteiger charge is 2.52. The van der Waals surface area contributed by atoms with Gasteiger partial charge in [0.1, 0.15) is 0 Å². The summed E-state index contributed by atoms with van der Waals surface area (Å²) in [6.45, 7) is 7.30. The quantitative estimate of drug-likeness (QED) is 0.744. The van der Waals surface area contributed by atoms with E-state index in [0.717, 1.165) is 0 Å². The van der Waals surface area contributed by atoms with Gasteiger partial charge < -0.3 is 15.5 Å². The first kappa shape index (κ1) is 16.9. The molecule has 0 atom stereocenters. The second kappa shape index (κ2) is 6.52. The summed E-state index contributed by atoms with van der Waals surface area (Å²) >= 11 is 5.08. The van der Waals surface area contributed by atoms with Crippen LogP contribution >= 0.6 is 12.2 Å². The number of thiocarbonyl (C=S) groups is 1. The van der Waals surface area contributed by atoms with Crippen molar-refractivity contribution in [2.75, 3.05) is 26.7 Å². The molecule has 2 amide bonds. The maximum Gasteiger partial charge on any atom is 0.242 e. The molecule has 0 aromatic carbocycles. The lowest BCUT2D eigenvalue weighted by molar-refractivity contribution is -0.147. The SMILES string of the molecule is CCN(CC)C(=O)CN(C)C(=O)C1(C(N)=S)CC(C)C1. The molecule has 5 nitrogen and oxygen atoms in total. The molecule has 0 aliphatic heterocycles. The van der Waals surface area contributed by atoms with E-state index in [1.165, 1.54) is 4.90 Å². The Morgan fingerprint density at radius 3 is 2.15 bits per heavy atom. The summed E-state index contributed by atoms with van der Waals surface area (Å²) in [4.78, 5) is 28.0. The highest BCUT2D eigenvalue weighted by atomic mass is 32.1. The van der Waals surface area contributed by atoms with Crippen molar-refractivity contribution in [1.29, 1.82) is 0 Å². The van der Waals surface area contributed by atoms with Crippen LogP contribution in [0.25, 0.3) is 0 Å². The minimum atomic E-state index is -0.729. The van der Waals surface area contributed by atoms with Crippen molar-refractivity contribution in [3.8, 4) is 0 Å². The van der Waals surface area contributed by atoms with Crippen LogP contribution in [0.15, 0.2) is 0 Å². The molecule has 0 spiro atoms. The highest BCUT2D eigenvalue weighted by Crippen LogP contribution is 2.46. The van der Waals surface area contributed by atoms with Crippen molar-refractivity contribution < 1.29 is 9.59 Å². The zero-order valence-electron chi connectivity index (χ0n) is 12.8. The van der Waals surface area contributed by atoms with E-state index >= 15 is 0 Å². The van der Waals surface area contributed by atoms with E-state index in [0.29, 0.717) is 31.8 Å². The van der Waals surface area contributed by atoms with Crippen LogP contribution in [0.2, 0.25) is 0 Å². The van der Waals surface area contributed by atoms with Gasteiger partial charge in [0.2, 0.25) is 11.8 Å². The molecule has 1 fully saturated rings. The molecule has 1 rings (SSSR count). The largest absolute Gasteiger partial charge is 0.392 e. The molecule has 114 valence electrons. The summed E-state index contributed by atoms with van der Waals surface area (Å²) < 4.78 is 0. The predicted octanol–water partition coefficient (Wildman–Crippen LogP) is 1.02. The van der Waals surface area contributed by atoms with Crippen LogP contribution in [-0.4, -0.2) is 53.3 Å². The van der Waals surface area contributed by atoms with Crippen molar-refractivity contribution in [2.45, 2.75) is 33.6 Å². The fourth-order valence-corrected chi connectivity index (χ4v) is 3.18. The van der Waals surface area contributed by atoms with Gasteiger partial charge in [0.05, 0.1) is 16.9 Å². The van der Waals surface area contributed by atoms with Crippen molar-refractivity contribution in [2.24, 2.45) is 17.1 Å². The molecule has 0 radical (unpaired) electrons. The minimum absolute atomic E-state index is 0.0451. The van der Waals surface area contributed by atoms with E-state index in [4.69, 9.17) is 18.0 Å². The topological polar surface area (TPSA) is 66.6 Å². The zero-order valence-corrected chi connectivity index (χ0v) is 13.6. The number of hydrogen-bond acceptors (Lipinski definition) is 3. The third-order valence-electron chi connectivity index (χ3n) is 4.11. The average molecular weight is 299 g/mol. The summed E-state index contributed by atoms with van der Waals surface area (Å²) in [6.07, 6.45) is 1.37. The van der Waals surface area contributed by atoms with Gasteiger partial charge in [-0.1, -0.05) is 19.1 Å². The molecule has 0 aromatic rings. The first-order valence-electron chi connectivity index (χ1n) is 7.11. The van der Waals surface area contributed by atoms with Crippen molar-refractivity contribution in [3.05, 3.63) is 0 Å². The molecule has 20 heavy (non-hydrogen) atoms. The lowest BCUT2D eigenvalue weighted by Gasteiger charge is -2.46. The van der Waals surface area contributed by atoms with Gasteiger partial charge in [-0.3, -0.25) is 9.59 Å². The van der Waals surface area contributed by atoms with Gasteiger partial charge in [0.15, 0.2) is 0 Å². The molecule has 0 aromatic heterocycles. The third-order valence-corrected chi connectivity index (χ3v) is 4.50. The summed E-state index contributed by atoms with van der Waals surface area (Å²) in [5, 5.41) is 0. The Morgan fingerprint density at radius 1 is 1.30 bits per heavy atom. The van der Waals surface area contributed by atoms with Crippen LogP contribution in [0, 0.1) is 11.3 Å². The van der Waals surface area contributed by atoms with Crippen LogP contribution in [0.3, 0.4) is 0 Å². The second-order valence-corrected chi connectivity index (χ2v) is 6.13. The average Bonchev–Trinajstić information content (AvgIpc) is 2.34. The summed E-state index contributed by atoms with van der Waals surface area (Å²) in [5.74, 6) is 0.284. The predicted molar refractivity (Wildman–Crippen MR) is 83.2 cm³/mol. The molecular weight excluding hydrogens is 274 g/mol. The highest BCUT2D eigenvalue weighted by molar-refractivity contribution is 7.80. The number of hydrogen-bond donors (Lipinski definition) is 1. The van der Waals surface area contributed by atoms with Crippen molar-refractivity contribution in [3.63, 3.8) is 0 Å². The van der Waals surface area contributed by atoms with Crippen LogP contribution in [0.5, 0.6) is 0 Å². The van der Waals surface area contributed by atoms with Crippen molar-refractivity contribution in [1.82, 2.24) is 9.80 Å². The number of nitrogens with zero attached hydrogens (tertiary/aromatic N) is 2. The Labute approximate surface area is 126 Å². The summed E-state index contributed by atoms with van der Waals surface area (Å²) in [6, 6.07) is 0. The maximum atomic E-state index is 12.6.